The maximum Gasteiger partial charge on any atom is 0.191 e. The third-order valence-corrected chi connectivity index (χ3v) is 3.64. The Balaban J connectivity index is 0.00000338. The molecule has 2 N–H and O–H groups in total. The molecule has 140 valence electrons. The first-order chi connectivity index (χ1) is 12.3. The van der Waals surface area contributed by atoms with Gasteiger partial charge in [-0.2, -0.15) is 0 Å². The zero-order valence-electron chi connectivity index (χ0n) is 15.2. The Morgan fingerprint density at radius 1 is 1.00 bits per heavy atom. The van der Waals surface area contributed by atoms with Crippen molar-refractivity contribution in [2.75, 3.05) is 20.8 Å². The highest BCUT2D eigenvalue weighted by atomic mass is 127. The standard InChI is InChI=1S/C20H25N3O2.HI/c1-4-13-25-19-12-8-6-10-17(19)15-23-20(21-2)22-14-16-9-5-7-11-18(16)24-3;/h4-12H,1,13-15H2,2-3H3,(H2,21,22,23);1H. The van der Waals surface area contributed by atoms with Gasteiger partial charge in [-0.15, -0.1) is 24.0 Å². The monoisotopic (exact) mass is 467 g/mol. The summed E-state index contributed by atoms with van der Waals surface area (Å²) >= 11 is 0. The molecule has 0 unspecified atom stereocenters. The van der Waals surface area contributed by atoms with Crippen molar-refractivity contribution < 1.29 is 9.47 Å². The van der Waals surface area contributed by atoms with Crippen LogP contribution in [0.1, 0.15) is 11.1 Å². The summed E-state index contributed by atoms with van der Waals surface area (Å²) in [5.74, 6) is 2.41. The van der Waals surface area contributed by atoms with Crippen LogP contribution in [0.25, 0.3) is 0 Å². The van der Waals surface area contributed by atoms with E-state index in [9.17, 15) is 0 Å². The quantitative estimate of drug-likeness (QED) is 0.269. The Morgan fingerprint density at radius 3 is 2.08 bits per heavy atom. The second-order valence-corrected chi connectivity index (χ2v) is 5.30. The fraction of sp³-hybridized carbons (Fsp3) is 0.250. The molecule has 0 aromatic heterocycles. The van der Waals surface area contributed by atoms with E-state index < -0.39 is 0 Å². The number of guanidine groups is 1. The van der Waals surface area contributed by atoms with Crippen molar-refractivity contribution in [3.05, 3.63) is 72.3 Å². The van der Waals surface area contributed by atoms with Crippen LogP contribution in [0.5, 0.6) is 11.5 Å². The first-order valence-electron chi connectivity index (χ1n) is 8.16. The van der Waals surface area contributed by atoms with E-state index >= 15 is 0 Å². The molecule has 26 heavy (non-hydrogen) atoms. The van der Waals surface area contributed by atoms with Crippen LogP contribution >= 0.6 is 24.0 Å². The number of halogens is 1. The highest BCUT2D eigenvalue weighted by Gasteiger charge is 2.06. The van der Waals surface area contributed by atoms with Gasteiger partial charge >= 0.3 is 0 Å². The molecule has 0 saturated heterocycles. The van der Waals surface area contributed by atoms with Crippen LogP contribution in [-0.2, 0) is 13.1 Å². The summed E-state index contributed by atoms with van der Waals surface area (Å²) in [6.45, 7) is 5.40. The first kappa shape index (κ1) is 21.8. The van der Waals surface area contributed by atoms with Gasteiger partial charge in [-0.05, 0) is 12.1 Å². The number of hydrogen-bond acceptors (Lipinski definition) is 3. The molecule has 0 atom stereocenters. The topological polar surface area (TPSA) is 54.9 Å². The Kier molecular flexibility index (Phi) is 10.2. The molecule has 0 spiro atoms. The zero-order valence-corrected chi connectivity index (χ0v) is 17.5. The Bertz CT molecular complexity index is 720. The average molecular weight is 467 g/mol. The van der Waals surface area contributed by atoms with Gasteiger partial charge < -0.3 is 20.1 Å². The lowest BCUT2D eigenvalue weighted by Gasteiger charge is -2.15. The first-order valence-corrected chi connectivity index (χ1v) is 8.16. The predicted molar refractivity (Wildman–Crippen MR) is 118 cm³/mol. The molecule has 0 aliphatic rings. The molecule has 0 heterocycles. The van der Waals surface area contributed by atoms with Gasteiger partial charge in [0.1, 0.15) is 18.1 Å². The number of ether oxygens (including phenoxy) is 2. The van der Waals surface area contributed by atoms with E-state index in [0.29, 0.717) is 25.7 Å². The van der Waals surface area contributed by atoms with Gasteiger partial charge in [0.15, 0.2) is 5.96 Å². The molecular formula is C20H26IN3O2. The molecule has 2 aromatic carbocycles. The SMILES string of the molecule is C=CCOc1ccccc1CNC(=NC)NCc1ccccc1OC.I. The van der Waals surface area contributed by atoms with Gasteiger partial charge in [0.25, 0.3) is 0 Å². The number of hydrogen-bond donors (Lipinski definition) is 2. The smallest absolute Gasteiger partial charge is 0.191 e. The van der Waals surface area contributed by atoms with Crippen LogP contribution in [0.2, 0.25) is 0 Å². The summed E-state index contributed by atoms with van der Waals surface area (Å²) in [7, 11) is 3.42. The van der Waals surface area contributed by atoms with Crippen molar-refractivity contribution in [3.8, 4) is 11.5 Å². The molecule has 2 rings (SSSR count). The summed E-state index contributed by atoms with van der Waals surface area (Å²) in [6.07, 6.45) is 1.73. The van der Waals surface area contributed by atoms with Gasteiger partial charge in [-0.3, -0.25) is 4.99 Å². The molecule has 2 aromatic rings. The summed E-state index contributed by atoms with van der Waals surface area (Å²) < 4.78 is 11.0. The lowest BCUT2D eigenvalue weighted by molar-refractivity contribution is 0.358. The second kappa shape index (κ2) is 12.2. The average Bonchev–Trinajstić information content (AvgIpc) is 2.67. The van der Waals surface area contributed by atoms with Crippen LogP contribution in [0, 0.1) is 0 Å². The molecule has 6 heteroatoms. The molecule has 0 aliphatic heterocycles. The number of nitrogens with zero attached hydrogens (tertiary/aromatic N) is 1. The fourth-order valence-corrected chi connectivity index (χ4v) is 2.37. The van der Waals surface area contributed by atoms with Crippen molar-refractivity contribution in [3.63, 3.8) is 0 Å². The van der Waals surface area contributed by atoms with Gasteiger partial charge in [0, 0.05) is 31.3 Å². The Morgan fingerprint density at radius 2 is 1.54 bits per heavy atom. The number of nitrogens with one attached hydrogen (secondary N) is 2. The molecule has 0 amide bonds. The van der Waals surface area contributed by atoms with E-state index in [2.05, 4.69) is 22.2 Å². The van der Waals surface area contributed by atoms with Crippen LogP contribution in [0.3, 0.4) is 0 Å². The van der Waals surface area contributed by atoms with Gasteiger partial charge in [0.2, 0.25) is 0 Å². The molecule has 0 radical (unpaired) electrons. The van der Waals surface area contributed by atoms with Crippen molar-refractivity contribution in [2.24, 2.45) is 4.99 Å². The summed E-state index contributed by atoms with van der Waals surface area (Å²) in [5, 5.41) is 6.60. The van der Waals surface area contributed by atoms with E-state index in [-0.39, 0.29) is 24.0 Å². The number of rotatable bonds is 8. The maximum atomic E-state index is 5.68. The minimum absolute atomic E-state index is 0. The van der Waals surface area contributed by atoms with Gasteiger partial charge in [-0.25, -0.2) is 0 Å². The summed E-state index contributed by atoms with van der Waals surface area (Å²) in [5.41, 5.74) is 2.13. The van der Waals surface area contributed by atoms with Crippen molar-refractivity contribution in [1.82, 2.24) is 10.6 Å². The summed E-state index contributed by atoms with van der Waals surface area (Å²) in [4.78, 5) is 4.26. The normalized spacial score (nSPS) is 10.5. The fourth-order valence-electron chi connectivity index (χ4n) is 2.37. The molecule has 0 aliphatic carbocycles. The lowest BCUT2D eigenvalue weighted by Crippen LogP contribution is -2.36. The number of methoxy groups -OCH3 is 1. The molecule has 0 fully saturated rings. The number of benzene rings is 2. The van der Waals surface area contributed by atoms with Crippen molar-refractivity contribution in [2.45, 2.75) is 13.1 Å². The van der Waals surface area contributed by atoms with Crippen LogP contribution in [-0.4, -0.2) is 26.7 Å². The van der Waals surface area contributed by atoms with E-state index in [1.807, 2.05) is 48.5 Å². The Labute approximate surface area is 172 Å². The predicted octanol–water partition coefficient (Wildman–Crippen LogP) is 3.74. The highest BCUT2D eigenvalue weighted by Crippen LogP contribution is 2.18. The largest absolute Gasteiger partial charge is 0.496 e. The Hall–Kier alpha value is -2.22. The highest BCUT2D eigenvalue weighted by molar-refractivity contribution is 14.0. The van der Waals surface area contributed by atoms with Gasteiger partial charge in [0.05, 0.1) is 7.11 Å². The second-order valence-electron chi connectivity index (χ2n) is 5.30. The lowest BCUT2D eigenvalue weighted by atomic mass is 10.2. The van der Waals surface area contributed by atoms with Crippen molar-refractivity contribution in [1.29, 1.82) is 0 Å². The van der Waals surface area contributed by atoms with Crippen LogP contribution in [0.15, 0.2) is 66.2 Å². The minimum Gasteiger partial charge on any atom is -0.496 e. The maximum absolute atomic E-state index is 5.68. The zero-order chi connectivity index (χ0) is 17.9. The van der Waals surface area contributed by atoms with Gasteiger partial charge in [-0.1, -0.05) is 49.1 Å². The molecule has 5 nitrogen and oxygen atoms in total. The van der Waals surface area contributed by atoms with Crippen molar-refractivity contribution >= 4 is 29.9 Å². The van der Waals surface area contributed by atoms with E-state index in [1.54, 1.807) is 20.2 Å². The minimum atomic E-state index is 0. The van der Waals surface area contributed by atoms with Crippen LogP contribution in [0.4, 0.5) is 0 Å². The summed E-state index contributed by atoms with van der Waals surface area (Å²) in [6, 6.07) is 15.8. The molecule has 0 bridgehead atoms. The number of aliphatic imine (C=N–C) groups is 1. The van der Waals surface area contributed by atoms with E-state index in [0.717, 1.165) is 22.6 Å². The number of para-hydroxylation sites is 2. The third-order valence-electron chi connectivity index (χ3n) is 3.64. The molecular weight excluding hydrogens is 441 g/mol. The third kappa shape index (κ3) is 6.59. The molecule has 0 saturated carbocycles. The van der Waals surface area contributed by atoms with Crippen LogP contribution < -0.4 is 20.1 Å². The van der Waals surface area contributed by atoms with E-state index in [1.165, 1.54) is 0 Å². The van der Waals surface area contributed by atoms with E-state index in [4.69, 9.17) is 9.47 Å².